The van der Waals surface area contributed by atoms with Crippen LogP contribution in [0, 0.1) is 6.92 Å². The van der Waals surface area contributed by atoms with E-state index in [1.54, 1.807) is 6.20 Å². The van der Waals surface area contributed by atoms with Gasteiger partial charge in [0.25, 0.3) is 11.8 Å². The van der Waals surface area contributed by atoms with E-state index >= 15 is 0 Å². The van der Waals surface area contributed by atoms with Gasteiger partial charge in [0.2, 0.25) is 0 Å². The first-order valence-electron chi connectivity index (χ1n) is 12.1. The highest BCUT2D eigenvalue weighted by Gasteiger charge is 2.33. The molecule has 2 aromatic heterocycles. The van der Waals surface area contributed by atoms with Gasteiger partial charge in [-0.05, 0) is 78.4 Å². The van der Waals surface area contributed by atoms with Crippen molar-refractivity contribution in [2.75, 3.05) is 11.9 Å². The van der Waals surface area contributed by atoms with Crippen molar-refractivity contribution in [3.8, 4) is 10.4 Å². The van der Waals surface area contributed by atoms with Gasteiger partial charge >= 0.3 is 0 Å². The van der Waals surface area contributed by atoms with E-state index in [-0.39, 0.29) is 34.4 Å². The molecule has 34 heavy (non-hydrogen) atoms. The number of carbonyl (C=O) groups excluding carboxylic acids is 2. The second-order valence-electron chi connectivity index (χ2n) is 10.5. The number of amides is 2. The van der Waals surface area contributed by atoms with E-state index in [1.807, 2.05) is 24.8 Å². The molecule has 2 unspecified atom stereocenters. The highest BCUT2D eigenvalue weighted by atomic mass is 32.1. The van der Waals surface area contributed by atoms with Crippen molar-refractivity contribution >= 4 is 29.0 Å². The predicted molar refractivity (Wildman–Crippen MR) is 134 cm³/mol. The summed E-state index contributed by atoms with van der Waals surface area (Å²) in [5, 5.41) is 16.6. The van der Waals surface area contributed by atoms with E-state index < -0.39 is 6.10 Å². The summed E-state index contributed by atoms with van der Waals surface area (Å²) in [6.45, 7) is 10.9. The zero-order valence-corrected chi connectivity index (χ0v) is 21.5. The summed E-state index contributed by atoms with van der Waals surface area (Å²) < 4.78 is 0. The van der Waals surface area contributed by atoms with Crippen LogP contribution in [0.4, 0.5) is 5.82 Å². The Morgan fingerprint density at radius 3 is 2.56 bits per heavy atom. The van der Waals surface area contributed by atoms with Crippen LogP contribution in [0.15, 0.2) is 12.3 Å². The summed E-state index contributed by atoms with van der Waals surface area (Å²) in [4.78, 5) is 38.2. The Morgan fingerprint density at radius 2 is 1.97 bits per heavy atom. The molecule has 0 spiro atoms. The number of thiazole rings is 1. The molecular weight excluding hydrogens is 450 g/mol. The largest absolute Gasteiger partial charge is 0.391 e. The minimum Gasteiger partial charge on any atom is -0.391 e. The molecule has 1 aliphatic carbocycles. The molecule has 8 nitrogen and oxygen atoms in total. The molecule has 1 aliphatic heterocycles. The number of likely N-dealkylation sites (tertiary alicyclic amines) is 1. The third-order valence-electron chi connectivity index (χ3n) is 6.49. The lowest BCUT2D eigenvalue weighted by molar-refractivity contribution is 0.0743. The second-order valence-corrected chi connectivity index (χ2v) is 11.5. The number of nitrogens with one attached hydrogen (secondary N) is 2. The lowest BCUT2D eigenvalue weighted by Gasteiger charge is -2.22. The number of aromatic nitrogens is 2. The molecule has 0 bridgehead atoms. The number of hydrogen-bond donors (Lipinski definition) is 3. The molecule has 2 fully saturated rings. The van der Waals surface area contributed by atoms with Crippen LogP contribution in [0.1, 0.15) is 85.7 Å². The Morgan fingerprint density at radius 1 is 1.21 bits per heavy atom. The fourth-order valence-corrected chi connectivity index (χ4v) is 5.74. The Balaban J connectivity index is 1.70. The van der Waals surface area contributed by atoms with Crippen LogP contribution >= 0.6 is 11.3 Å². The maximum absolute atomic E-state index is 13.5. The fourth-order valence-electron chi connectivity index (χ4n) is 4.70. The summed E-state index contributed by atoms with van der Waals surface area (Å²) in [5.74, 6) is 0.266. The summed E-state index contributed by atoms with van der Waals surface area (Å²) in [6.07, 6.45) is 5.45. The Labute approximate surface area is 205 Å². The first-order valence-corrected chi connectivity index (χ1v) is 12.9. The number of aryl methyl sites for hydroxylation is 1. The van der Waals surface area contributed by atoms with E-state index in [0.717, 1.165) is 42.6 Å². The molecule has 1 saturated carbocycles. The van der Waals surface area contributed by atoms with E-state index in [4.69, 9.17) is 0 Å². The number of aliphatic hydroxyl groups excluding tert-OH is 1. The van der Waals surface area contributed by atoms with Gasteiger partial charge < -0.3 is 20.6 Å². The van der Waals surface area contributed by atoms with Gasteiger partial charge in [-0.2, -0.15) is 0 Å². The molecule has 2 amide bonds. The normalized spacial score (nSPS) is 22.8. The third kappa shape index (κ3) is 5.25. The van der Waals surface area contributed by atoms with Gasteiger partial charge in [0.1, 0.15) is 11.5 Å². The quantitative estimate of drug-likeness (QED) is 0.591. The van der Waals surface area contributed by atoms with Crippen molar-refractivity contribution < 1.29 is 14.7 Å². The maximum atomic E-state index is 13.5. The Kier molecular flexibility index (Phi) is 6.96. The first kappa shape index (κ1) is 24.6. The van der Waals surface area contributed by atoms with Crippen molar-refractivity contribution in [1.29, 1.82) is 0 Å². The summed E-state index contributed by atoms with van der Waals surface area (Å²) >= 11 is 1.21. The molecule has 0 aromatic carbocycles. The topological polar surface area (TPSA) is 107 Å². The van der Waals surface area contributed by atoms with Crippen molar-refractivity contribution in [1.82, 2.24) is 20.2 Å². The average Bonchev–Trinajstić information content (AvgIpc) is 3.47. The average molecular weight is 486 g/mol. The summed E-state index contributed by atoms with van der Waals surface area (Å²) in [7, 11) is 0. The molecule has 9 heteroatoms. The molecule has 184 valence electrons. The Bertz CT molecular complexity index is 1080. The summed E-state index contributed by atoms with van der Waals surface area (Å²) in [5.41, 5.74) is 1.92. The molecule has 4 rings (SSSR count). The first-order chi connectivity index (χ1) is 16.0. The van der Waals surface area contributed by atoms with Crippen LogP contribution in [0.5, 0.6) is 0 Å². The molecule has 3 atom stereocenters. The predicted octanol–water partition coefficient (Wildman–Crippen LogP) is 3.99. The number of nitrogens with zero attached hydrogens (tertiary/aromatic N) is 3. The third-order valence-corrected chi connectivity index (χ3v) is 7.58. The van der Waals surface area contributed by atoms with Gasteiger partial charge in [0.15, 0.2) is 5.01 Å². The molecule has 3 N–H and O–H groups in total. The Hall–Kier alpha value is -2.52. The minimum atomic E-state index is -0.538. The lowest BCUT2D eigenvalue weighted by Crippen LogP contribution is -2.40. The van der Waals surface area contributed by atoms with Crippen LogP contribution in [0.3, 0.4) is 0 Å². The number of anilines is 1. The van der Waals surface area contributed by atoms with Gasteiger partial charge in [0.05, 0.1) is 17.0 Å². The SMILES string of the molecule is Cc1cc(NC(C)(C)C)ncc1-c1sc(C(=O)NC2CCCC2O)nc1C(=O)N1CCC[C@@H]1C. The van der Waals surface area contributed by atoms with E-state index in [2.05, 4.69) is 41.4 Å². The molecule has 3 heterocycles. The molecule has 0 radical (unpaired) electrons. The van der Waals surface area contributed by atoms with Crippen molar-refractivity contribution in [3.05, 3.63) is 28.5 Å². The smallest absolute Gasteiger partial charge is 0.280 e. The zero-order valence-electron chi connectivity index (χ0n) is 20.6. The highest BCUT2D eigenvalue weighted by Crippen LogP contribution is 2.35. The van der Waals surface area contributed by atoms with Crippen LogP contribution in [-0.4, -0.2) is 62.1 Å². The van der Waals surface area contributed by atoms with E-state index in [1.165, 1.54) is 11.3 Å². The lowest BCUT2D eigenvalue weighted by atomic mass is 10.1. The highest BCUT2D eigenvalue weighted by molar-refractivity contribution is 7.17. The minimum absolute atomic E-state index is 0.130. The van der Waals surface area contributed by atoms with E-state index in [0.29, 0.717) is 23.5 Å². The van der Waals surface area contributed by atoms with Gasteiger partial charge in [-0.1, -0.05) is 0 Å². The van der Waals surface area contributed by atoms with Crippen LogP contribution in [0.2, 0.25) is 0 Å². The van der Waals surface area contributed by atoms with Crippen molar-refractivity contribution in [2.45, 2.75) is 90.4 Å². The molecule has 2 aliphatic rings. The zero-order chi connectivity index (χ0) is 24.6. The number of aliphatic hydroxyl groups is 1. The van der Waals surface area contributed by atoms with Gasteiger partial charge in [-0.3, -0.25) is 9.59 Å². The molecule has 2 aromatic rings. The van der Waals surface area contributed by atoms with E-state index in [9.17, 15) is 14.7 Å². The van der Waals surface area contributed by atoms with Gasteiger partial charge in [-0.15, -0.1) is 11.3 Å². The van der Waals surface area contributed by atoms with Crippen molar-refractivity contribution in [3.63, 3.8) is 0 Å². The second kappa shape index (κ2) is 9.62. The summed E-state index contributed by atoms with van der Waals surface area (Å²) in [6, 6.07) is 1.83. The van der Waals surface area contributed by atoms with Crippen LogP contribution < -0.4 is 10.6 Å². The van der Waals surface area contributed by atoms with Gasteiger partial charge in [0, 0.05) is 29.9 Å². The maximum Gasteiger partial charge on any atom is 0.280 e. The fraction of sp³-hybridized carbons (Fsp3) is 0.600. The monoisotopic (exact) mass is 485 g/mol. The molecule has 1 saturated heterocycles. The standard InChI is InChI=1S/C25H35N5O3S/c1-14-12-19(29-25(3,4)5)26-13-16(14)21-20(24(33)30-11-7-8-15(30)2)28-23(34-21)22(32)27-17-9-6-10-18(17)31/h12-13,15,17-18,31H,6-11H2,1-5H3,(H,26,29)(H,27,32)/t15-,17?,18?/m0/s1. The van der Waals surface area contributed by atoms with Crippen LogP contribution in [-0.2, 0) is 0 Å². The van der Waals surface area contributed by atoms with Gasteiger partial charge in [-0.25, -0.2) is 9.97 Å². The van der Waals surface area contributed by atoms with Crippen molar-refractivity contribution in [2.24, 2.45) is 0 Å². The number of carbonyl (C=O) groups is 2. The molecular formula is C25H35N5O3S. The van der Waals surface area contributed by atoms with Crippen LogP contribution in [0.25, 0.3) is 10.4 Å². The number of hydrogen-bond acceptors (Lipinski definition) is 7. The number of rotatable bonds is 5. The number of pyridine rings is 1.